The molecule has 0 spiro atoms. The van der Waals surface area contributed by atoms with Gasteiger partial charge >= 0.3 is 0 Å². The smallest absolute Gasteiger partial charge is 0.0705 e. The summed E-state index contributed by atoms with van der Waals surface area (Å²) < 4.78 is 5.85. The standard InChI is InChI=1S/C24H33NO/c1-4-6-10-18-26-20(3)12-8-7-9-13-21-14-17-24-22(19-21)15-16-23(25-24)11-5-2/h5,9,13-17,19-20H,2,4,6-8,10-12,18H2,1,3H3. The van der Waals surface area contributed by atoms with Crippen molar-refractivity contribution in [3.63, 3.8) is 0 Å². The van der Waals surface area contributed by atoms with Crippen LogP contribution in [0.1, 0.15) is 63.6 Å². The van der Waals surface area contributed by atoms with Crippen LogP contribution in [0.3, 0.4) is 0 Å². The molecule has 2 aromatic rings. The summed E-state index contributed by atoms with van der Waals surface area (Å²) >= 11 is 0. The molecule has 0 saturated heterocycles. The molecule has 0 aliphatic heterocycles. The first-order valence-corrected chi connectivity index (χ1v) is 10.0. The molecule has 2 rings (SSSR count). The van der Waals surface area contributed by atoms with Gasteiger partial charge in [-0.2, -0.15) is 0 Å². The van der Waals surface area contributed by atoms with Crippen LogP contribution in [-0.2, 0) is 11.2 Å². The average molecular weight is 352 g/mol. The van der Waals surface area contributed by atoms with Crippen LogP contribution >= 0.6 is 0 Å². The van der Waals surface area contributed by atoms with Crippen molar-refractivity contribution in [2.24, 2.45) is 0 Å². The lowest BCUT2D eigenvalue weighted by molar-refractivity contribution is 0.0566. The van der Waals surface area contributed by atoms with Crippen molar-refractivity contribution >= 4 is 17.0 Å². The zero-order valence-corrected chi connectivity index (χ0v) is 16.4. The summed E-state index contributed by atoms with van der Waals surface area (Å²) in [6.07, 6.45) is 14.7. The molecule has 0 N–H and O–H groups in total. The molecule has 0 aliphatic rings. The molecule has 1 aromatic heterocycles. The van der Waals surface area contributed by atoms with Crippen LogP contribution in [0, 0.1) is 0 Å². The summed E-state index contributed by atoms with van der Waals surface area (Å²) in [4.78, 5) is 4.66. The molecule has 1 unspecified atom stereocenters. The maximum absolute atomic E-state index is 5.85. The number of rotatable bonds is 12. The van der Waals surface area contributed by atoms with Gasteiger partial charge in [-0.15, -0.1) is 6.58 Å². The van der Waals surface area contributed by atoms with Crippen molar-refractivity contribution in [2.45, 2.75) is 64.9 Å². The Kier molecular flexibility index (Phi) is 9.13. The zero-order valence-electron chi connectivity index (χ0n) is 16.4. The van der Waals surface area contributed by atoms with Gasteiger partial charge in [0, 0.05) is 24.1 Å². The first-order valence-electron chi connectivity index (χ1n) is 10.0. The van der Waals surface area contributed by atoms with E-state index in [1.165, 1.54) is 36.6 Å². The van der Waals surface area contributed by atoms with Crippen LogP contribution in [0.25, 0.3) is 17.0 Å². The summed E-state index contributed by atoms with van der Waals surface area (Å²) in [5.41, 5.74) is 3.36. The van der Waals surface area contributed by atoms with Gasteiger partial charge in [0.15, 0.2) is 0 Å². The monoisotopic (exact) mass is 351 g/mol. The minimum atomic E-state index is 0.372. The number of aromatic nitrogens is 1. The first-order chi connectivity index (χ1) is 12.7. The highest BCUT2D eigenvalue weighted by molar-refractivity contribution is 5.81. The molecule has 0 radical (unpaired) electrons. The van der Waals surface area contributed by atoms with Crippen molar-refractivity contribution in [3.8, 4) is 0 Å². The van der Waals surface area contributed by atoms with E-state index in [0.717, 1.165) is 37.1 Å². The lowest BCUT2D eigenvalue weighted by Gasteiger charge is -2.12. The Balaban J connectivity index is 1.75. The number of hydrogen-bond acceptors (Lipinski definition) is 2. The number of allylic oxidation sites excluding steroid dienone is 2. The van der Waals surface area contributed by atoms with Gasteiger partial charge in [0.05, 0.1) is 11.6 Å². The van der Waals surface area contributed by atoms with Crippen LogP contribution in [0.5, 0.6) is 0 Å². The molecule has 1 heterocycles. The van der Waals surface area contributed by atoms with Crippen LogP contribution in [-0.4, -0.2) is 17.7 Å². The third kappa shape index (κ3) is 7.13. The Morgan fingerprint density at radius 2 is 2.04 bits per heavy atom. The van der Waals surface area contributed by atoms with E-state index in [1.807, 2.05) is 6.08 Å². The number of ether oxygens (including phenoxy) is 1. The fourth-order valence-electron chi connectivity index (χ4n) is 3.01. The van der Waals surface area contributed by atoms with Gasteiger partial charge in [0.25, 0.3) is 0 Å². The van der Waals surface area contributed by atoms with E-state index in [-0.39, 0.29) is 0 Å². The number of nitrogens with zero attached hydrogens (tertiary/aromatic N) is 1. The molecule has 0 amide bonds. The third-order valence-corrected chi connectivity index (χ3v) is 4.57. The highest BCUT2D eigenvalue weighted by atomic mass is 16.5. The SMILES string of the molecule is C=CCc1ccc2cc(C=CCCCC(C)OCCCCC)ccc2n1. The Bertz CT molecular complexity index is 704. The molecule has 2 heteroatoms. The number of hydrogen-bond donors (Lipinski definition) is 0. The van der Waals surface area contributed by atoms with Crippen LogP contribution in [0.2, 0.25) is 0 Å². The fraction of sp³-hybridized carbons (Fsp3) is 0.458. The maximum Gasteiger partial charge on any atom is 0.0705 e. The van der Waals surface area contributed by atoms with E-state index in [2.05, 4.69) is 67.9 Å². The van der Waals surface area contributed by atoms with Gasteiger partial charge in [-0.1, -0.05) is 50.1 Å². The second-order valence-corrected chi connectivity index (χ2v) is 6.97. The maximum atomic E-state index is 5.85. The van der Waals surface area contributed by atoms with E-state index in [1.54, 1.807) is 0 Å². The Morgan fingerprint density at radius 1 is 1.15 bits per heavy atom. The third-order valence-electron chi connectivity index (χ3n) is 4.57. The molecule has 1 atom stereocenters. The van der Waals surface area contributed by atoms with Gasteiger partial charge in [-0.3, -0.25) is 4.98 Å². The van der Waals surface area contributed by atoms with E-state index >= 15 is 0 Å². The summed E-state index contributed by atoms with van der Waals surface area (Å²) in [7, 11) is 0. The molecule has 0 aliphatic carbocycles. The van der Waals surface area contributed by atoms with E-state index < -0.39 is 0 Å². The lowest BCUT2D eigenvalue weighted by atomic mass is 10.1. The molecule has 26 heavy (non-hydrogen) atoms. The molecule has 0 saturated carbocycles. The summed E-state index contributed by atoms with van der Waals surface area (Å²) in [6, 6.07) is 10.7. The van der Waals surface area contributed by atoms with Crippen molar-refractivity contribution in [2.75, 3.05) is 6.61 Å². The van der Waals surface area contributed by atoms with Crippen molar-refractivity contribution < 1.29 is 4.74 Å². The van der Waals surface area contributed by atoms with Crippen LogP contribution in [0.15, 0.2) is 49.1 Å². The largest absolute Gasteiger partial charge is 0.379 e. The van der Waals surface area contributed by atoms with Crippen molar-refractivity contribution in [3.05, 3.63) is 60.3 Å². The summed E-state index contributed by atoms with van der Waals surface area (Å²) in [6.45, 7) is 9.09. The van der Waals surface area contributed by atoms with E-state index in [4.69, 9.17) is 4.74 Å². The molecule has 2 nitrogen and oxygen atoms in total. The first kappa shape index (κ1) is 20.4. The zero-order chi connectivity index (χ0) is 18.6. The normalized spacial score (nSPS) is 12.7. The average Bonchev–Trinajstić information content (AvgIpc) is 2.65. The molecular weight excluding hydrogens is 318 g/mol. The Hall–Kier alpha value is -1.93. The predicted molar refractivity (Wildman–Crippen MR) is 113 cm³/mol. The minimum absolute atomic E-state index is 0.372. The second kappa shape index (κ2) is 11.6. The molecule has 0 fully saturated rings. The van der Waals surface area contributed by atoms with Crippen molar-refractivity contribution in [1.82, 2.24) is 4.98 Å². The number of unbranched alkanes of at least 4 members (excludes halogenated alkanes) is 3. The molecule has 0 bridgehead atoms. The van der Waals surface area contributed by atoms with Gasteiger partial charge in [0.1, 0.15) is 0 Å². The molecule has 140 valence electrons. The predicted octanol–water partition coefficient (Wildman–Crippen LogP) is 6.74. The number of benzene rings is 1. The topological polar surface area (TPSA) is 22.1 Å². The molecular formula is C24H33NO. The Morgan fingerprint density at radius 3 is 2.85 bits per heavy atom. The van der Waals surface area contributed by atoms with Gasteiger partial charge in [-0.25, -0.2) is 0 Å². The molecule has 1 aromatic carbocycles. The van der Waals surface area contributed by atoms with E-state index in [0.29, 0.717) is 6.10 Å². The van der Waals surface area contributed by atoms with Gasteiger partial charge in [-0.05, 0) is 56.4 Å². The quantitative estimate of drug-likeness (QED) is 0.312. The number of fused-ring (bicyclic) bond motifs is 1. The minimum Gasteiger partial charge on any atom is -0.379 e. The van der Waals surface area contributed by atoms with Gasteiger partial charge < -0.3 is 4.74 Å². The summed E-state index contributed by atoms with van der Waals surface area (Å²) in [5, 5.41) is 1.19. The lowest BCUT2D eigenvalue weighted by Crippen LogP contribution is -2.08. The fourth-order valence-corrected chi connectivity index (χ4v) is 3.01. The summed E-state index contributed by atoms with van der Waals surface area (Å²) in [5.74, 6) is 0. The Labute approximate surface area is 159 Å². The highest BCUT2D eigenvalue weighted by Gasteiger charge is 2.01. The van der Waals surface area contributed by atoms with Crippen LogP contribution in [0.4, 0.5) is 0 Å². The van der Waals surface area contributed by atoms with Crippen molar-refractivity contribution in [1.29, 1.82) is 0 Å². The van der Waals surface area contributed by atoms with Gasteiger partial charge in [0.2, 0.25) is 0 Å². The van der Waals surface area contributed by atoms with E-state index in [9.17, 15) is 0 Å². The highest BCUT2D eigenvalue weighted by Crippen LogP contribution is 2.17. The second-order valence-electron chi connectivity index (χ2n) is 6.97. The number of pyridine rings is 1. The van der Waals surface area contributed by atoms with Crippen LogP contribution < -0.4 is 0 Å².